The molecule has 1 saturated carbocycles. The molecule has 3 heteroatoms. The molecule has 1 fully saturated rings. The highest BCUT2D eigenvalue weighted by molar-refractivity contribution is 5.33. The van der Waals surface area contributed by atoms with Crippen LogP contribution in [0.1, 0.15) is 31.2 Å². The third-order valence-corrected chi connectivity index (χ3v) is 3.73. The SMILES string of the molecule is COc1ccccc1CCNC1CCCC(N)C1. The smallest absolute Gasteiger partial charge is 0.122 e. The fraction of sp³-hybridized carbons (Fsp3) is 0.600. The zero-order valence-corrected chi connectivity index (χ0v) is 11.2. The molecule has 2 atom stereocenters. The van der Waals surface area contributed by atoms with Crippen LogP contribution in [0.3, 0.4) is 0 Å². The molecule has 18 heavy (non-hydrogen) atoms. The summed E-state index contributed by atoms with van der Waals surface area (Å²) in [5.41, 5.74) is 7.26. The Hall–Kier alpha value is -1.06. The van der Waals surface area contributed by atoms with Crippen molar-refractivity contribution in [3.8, 4) is 5.75 Å². The molecule has 0 aliphatic heterocycles. The second-order valence-corrected chi connectivity index (χ2v) is 5.14. The Balaban J connectivity index is 1.77. The summed E-state index contributed by atoms with van der Waals surface area (Å²) < 4.78 is 5.36. The number of hydrogen-bond acceptors (Lipinski definition) is 3. The molecule has 0 heterocycles. The lowest BCUT2D eigenvalue weighted by Gasteiger charge is -2.27. The zero-order valence-electron chi connectivity index (χ0n) is 11.2. The highest BCUT2D eigenvalue weighted by Crippen LogP contribution is 2.19. The van der Waals surface area contributed by atoms with E-state index in [2.05, 4.69) is 17.4 Å². The van der Waals surface area contributed by atoms with E-state index >= 15 is 0 Å². The Morgan fingerprint density at radius 1 is 1.33 bits per heavy atom. The lowest BCUT2D eigenvalue weighted by molar-refractivity contribution is 0.340. The predicted molar refractivity (Wildman–Crippen MR) is 74.9 cm³/mol. The first-order valence-electron chi connectivity index (χ1n) is 6.90. The molecular formula is C15H24N2O. The van der Waals surface area contributed by atoms with Gasteiger partial charge in [0.15, 0.2) is 0 Å². The quantitative estimate of drug-likeness (QED) is 0.839. The molecule has 0 bridgehead atoms. The molecule has 100 valence electrons. The molecule has 0 spiro atoms. The number of nitrogens with one attached hydrogen (secondary N) is 1. The molecule has 0 radical (unpaired) electrons. The molecule has 3 N–H and O–H groups in total. The van der Waals surface area contributed by atoms with Gasteiger partial charge in [-0.3, -0.25) is 0 Å². The Labute approximate surface area is 110 Å². The van der Waals surface area contributed by atoms with Crippen LogP contribution >= 0.6 is 0 Å². The fourth-order valence-corrected chi connectivity index (χ4v) is 2.73. The van der Waals surface area contributed by atoms with E-state index in [9.17, 15) is 0 Å². The maximum absolute atomic E-state index is 5.99. The van der Waals surface area contributed by atoms with Gasteiger partial charge in [-0.05, 0) is 43.9 Å². The maximum Gasteiger partial charge on any atom is 0.122 e. The van der Waals surface area contributed by atoms with Gasteiger partial charge in [0.25, 0.3) is 0 Å². The van der Waals surface area contributed by atoms with Crippen molar-refractivity contribution in [1.29, 1.82) is 0 Å². The van der Waals surface area contributed by atoms with E-state index in [4.69, 9.17) is 10.5 Å². The Bertz CT molecular complexity index is 367. The summed E-state index contributed by atoms with van der Waals surface area (Å²) in [7, 11) is 1.73. The maximum atomic E-state index is 5.99. The highest BCUT2D eigenvalue weighted by atomic mass is 16.5. The number of rotatable bonds is 5. The van der Waals surface area contributed by atoms with Crippen molar-refractivity contribution in [1.82, 2.24) is 5.32 Å². The molecule has 0 aromatic heterocycles. The van der Waals surface area contributed by atoms with Crippen molar-refractivity contribution >= 4 is 0 Å². The van der Waals surface area contributed by atoms with Gasteiger partial charge in [0.2, 0.25) is 0 Å². The van der Waals surface area contributed by atoms with Crippen LogP contribution in [-0.4, -0.2) is 25.7 Å². The highest BCUT2D eigenvalue weighted by Gasteiger charge is 2.18. The molecular weight excluding hydrogens is 224 g/mol. The second-order valence-electron chi connectivity index (χ2n) is 5.14. The number of hydrogen-bond donors (Lipinski definition) is 2. The number of methoxy groups -OCH3 is 1. The van der Waals surface area contributed by atoms with Crippen molar-refractivity contribution in [2.75, 3.05) is 13.7 Å². The first kappa shape index (κ1) is 13.4. The Morgan fingerprint density at radius 2 is 2.17 bits per heavy atom. The Kier molecular flexibility index (Phi) is 5.02. The van der Waals surface area contributed by atoms with Crippen LogP contribution in [0, 0.1) is 0 Å². The van der Waals surface area contributed by atoms with Gasteiger partial charge in [0.05, 0.1) is 7.11 Å². The van der Waals surface area contributed by atoms with Crippen molar-refractivity contribution in [3.63, 3.8) is 0 Å². The van der Waals surface area contributed by atoms with Crippen LogP contribution in [0.4, 0.5) is 0 Å². The van der Waals surface area contributed by atoms with Crippen molar-refractivity contribution < 1.29 is 4.74 Å². The van der Waals surface area contributed by atoms with Crippen LogP contribution in [0.15, 0.2) is 24.3 Å². The molecule has 1 aliphatic rings. The van der Waals surface area contributed by atoms with Crippen LogP contribution in [0.2, 0.25) is 0 Å². The topological polar surface area (TPSA) is 47.3 Å². The van der Waals surface area contributed by atoms with Gasteiger partial charge in [0, 0.05) is 12.1 Å². The van der Waals surface area contributed by atoms with Gasteiger partial charge >= 0.3 is 0 Å². The normalized spacial score (nSPS) is 23.9. The van der Waals surface area contributed by atoms with Crippen LogP contribution in [0.25, 0.3) is 0 Å². The summed E-state index contributed by atoms with van der Waals surface area (Å²) in [6, 6.07) is 9.22. The molecule has 2 unspecified atom stereocenters. The van der Waals surface area contributed by atoms with E-state index in [0.29, 0.717) is 12.1 Å². The summed E-state index contributed by atoms with van der Waals surface area (Å²) in [4.78, 5) is 0. The molecule has 3 nitrogen and oxygen atoms in total. The third-order valence-electron chi connectivity index (χ3n) is 3.73. The number of ether oxygens (including phenoxy) is 1. The van der Waals surface area contributed by atoms with Crippen molar-refractivity contribution in [3.05, 3.63) is 29.8 Å². The fourth-order valence-electron chi connectivity index (χ4n) is 2.73. The minimum Gasteiger partial charge on any atom is -0.496 e. The van der Waals surface area contributed by atoms with Gasteiger partial charge in [-0.2, -0.15) is 0 Å². The molecule has 0 amide bonds. The minimum atomic E-state index is 0.391. The largest absolute Gasteiger partial charge is 0.496 e. The lowest BCUT2D eigenvalue weighted by atomic mass is 9.91. The minimum absolute atomic E-state index is 0.391. The van der Waals surface area contributed by atoms with Gasteiger partial charge in [0.1, 0.15) is 5.75 Å². The predicted octanol–water partition coefficient (Wildman–Crippen LogP) is 2.10. The van der Waals surface area contributed by atoms with E-state index in [0.717, 1.165) is 25.1 Å². The summed E-state index contributed by atoms with van der Waals surface area (Å²) in [6.07, 6.45) is 5.83. The monoisotopic (exact) mass is 248 g/mol. The van der Waals surface area contributed by atoms with E-state index in [1.54, 1.807) is 7.11 Å². The number of para-hydroxylation sites is 1. The average molecular weight is 248 g/mol. The molecule has 1 aliphatic carbocycles. The van der Waals surface area contributed by atoms with Gasteiger partial charge in [-0.25, -0.2) is 0 Å². The summed E-state index contributed by atoms with van der Waals surface area (Å²) in [5.74, 6) is 0.986. The average Bonchev–Trinajstić information content (AvgIpc) is 2.39. The zero-order chi connectivity index (χ0) is 12.8. The molecule has 1 aromatic carbocycles. The molecule has 2 rings (SSSR count). The lowest BCUT2D eigenvalue weighted by Crippen LogP contribution is -2.40. The standard InChI is InChI=1S/C15H24N2O/c1-18-15-8-3-2-5-12(15)9-10-17-14-7-4-6-13(16)11-14/h2-3,5,8,13-14,17H,4,6-7,9-11,16H2,1H3. The van der Waals surface area contributed by atoms with Gasteiger partial charge in [-0.15, -0.1) is 0 Å². The van der Waals surface area contributed by atoms with Gasteiger partial charge < -0.3 is 15.8 Å². The van der Waals surface area contributed by atoms with E-state index < -0.39 is 0 Å². The van der Waals surface area contributed by atoms with Crippen LogP contribution in [-0.2, 0) is 6.42 Å². The Morgan fingerprint density at radius 3 is 2.94 bits per heavy atom. The van der Waals surface area contributed by atoms with Gasteiger partial charge in [-0.1, -0.05) is 24.6 Å². The summed E-state index contributed by atoms with van der Waals surface area (Å²) in [6.45, 7) is 0.998. The van der Waals surface area contributed by atoms with E-state index in [-0.39, 0.29) is 0 Å². The number of benzene rings is 1. The van der Waals surface area contributed by atoms with E-state index in [1.165, 1.54) is 24.8 Å². The van der Waals surface area contributed by atoms with Crippen LogP contribution in [0.5, 0.6) is 5.75 Å². The van der Waals surface area contributed by atoms with E-state index in [1.807, 2.05) is 12.1 Å². The number of nitrogens with two attached hydrogens (primary N) is 1. The first-order valence-corrected chi connectivity index (χ1v) is 6.90. The van der Waals surface area contributed by atoms with Crippen molar-refractivity contribution in [2.45, 2.75) is 44.2 Å². The summed E-state index contributed by atoms with van der Waals surface area (Å²) in [5, 5.41) is 3.62. The third kappa shape index (κ3) is 3.72. The van der Waals surface area contributed by atoms with Crippen molar-refractivity contribution in [2.24, 2.45) is 5.73 Å². The first-order chi connectivity index (χ1) is 8.79. The van der Waals surface area contributed by atoms with Crippen LogP contribution < -0.4 is 15.8 Å². The summed E-state index contributed by atoms with van der Waals surface area (Å²) >= 11 is 0. The second kappa shape index (κ2) is 6.76. The molecule has 0 saturated heterocycles. The molecule has 1 aromatic rings.